The van der Waals surface area contributed by atoms with E-state index >= 15 is 0 Å². The summed E-state index contributed by atoms with van der Waals surface area (Å²) in [7, 11) is -3.56. The van der Waals surface area contributed by atoms with Gasteiger partial charge in [-0.25, -0.2) is 12.4 Å². The Labute approximate surface area is 130 Å². The predicted octanol–water partition coefficient (Wildman–Crippen LogP) is 4.01. The Morgan fingerprint density at radius 3 is 2.09 bits per heavy atom. The van der Waals surface area contributed by atoms with Gasteiger partial charge >= 0.3 is 0 Å². The maximum atomic E-state index is 12.8. The second-order valence-electron chi connectivity index (χ2n) is 5.35. The van der Waals surface area contributed by atoms with Gasteiger partial charge in [-0.05, 0) is 37.6 Å². The number of aromatic nitrogens is 1. The van der Waals surface area contributed by atoms with Gasteiger partial charge in [-0.2, -0.15) is 0 Å². The van der Waals surface area contributed by atoms with Crippen molar-refractivity contribution in [2.45, 2.75) is 18.7 Å². The third-order valence-corrected chi connectivity index (χ3v) is 5.43. The highest BCUT2D eigenvalue weighted by atomic mass is 32.2. The molecule has 0 atom stereocenters. The van der Waals surface area contributed by atoms with Crippen LogP contribution in [0.2, 0.25) is 0 Å². The van der Waals surface area contributed by atoms with Crippen molar-refractivity contribution in [1.82, 2.24) is 3.97 Å². The van der Waals surface area contributed by atoms with Crippen molar-refractivity contribution < 1.29 is 8.42 Å². The SMILES string of the molecule is Cc1ccc(S(=O)(=O)n2cc(-c3ccccc3)cc2C)cc1. The van der Waals surface area contributed by atoms with Crippen molar-refractivity contribution in [3.63, 3.8) is 0 Å². The fraction of sp³-hybridized carbons (Fsp3) is 0.111. The molecule has 3 nitrogen and oxygen atoms in total. The molecule has 4 heteroatoms. The quantitative estimate of drug-likeness (QED) is 0.733. The highest BCUT2D eigenvalue weighted by Crippen LogP contribution is 2.25. The summed E-state index contributed by atoms with van der Waals surface area (Å²) < 4.78 is 26.9. The lowest BCUT2D eigenvalue weighted by atomic mass is 10.1. The number of hydrogen-bond acceptors (Lipinski definition) is 2. The molecule has 0 amide bonds. The molecular weight excluding hydrogens is 294 g/mol. The van der Waals surface area contributed by atoms with Crippen molar-refractivity contribution in [2.75, 3.05) is 0 Å². The Hall–Kier alpha value is -2.33. The van der Waals surface area contributed by atoms with Gasteiger partial charge in [0.15, 0.2) is 0 Å². The molecule has 2 aromatic carbocycles. The molecule has 0 radical (unpaired) electrons. The van der Waals surface area contributed by atoms with Crippen molar-refractivity contribution in [3.05, 3.63) is 78.1 Å². The van der Waals surface area contributed by atoms with Crippen LogP contribution in [0.4, 0.5) is 0 Å². The Bertz CT molecular complexity index is 892. The molecule has 0 aliphatic carbocycles. The molecule has 22 heavy (non-hydrogen) atoms. The Morgan fingerprint density at radius 1 is 0.818 bits per heavy atom. The maximum Gasteiger partial charge on any atom is 0.267 e. The molecule has 0 unspecified atom stereocenters. The topological polar surface area (TPSA) is 39.1 Å². The molecule has 0 aliphatic heterocycles. The van der Waals surface area contributed by atoms with E-state index in [2.05, 4.69) is 0 Å². The minimum atomic E-state index is -3.56. The van der Waals surface area contributed by atoms with Gasteiger partial charge in [-0.1, -0.05) is 48.0 Å². The molecule has 3 rings (SSSR count). The lowest BCUT2D eigenvalue weighted by Crippen LogP contribution is -2.13. The molecule has 0 fully saturated rings. The van der Waals surface area contributed by atoms with E-state index in [1.807, 2.05) is 55.5 Å². The number of aryl methyl sites for hydroxylation is 2. The van der Waals surface area contributed by atoms with E-state index in [0.29, 0.717) is 10.6 Å². The van der Waals surface area contributed by atoms with Crippen LogP contribution in [-0.4, -0.2) is 12.4 Å². The summed E-state index contributed by atoms with van der Waals surface area (Å²) >= 11 is 0. The van der Waals surface area contributed by atoms with Gasteiger partial charge < -0.3 is 0 Å². The van der Waals surface area contributed by atoms with Crippen LogP contribution in [0.5, 0.6) is 0 Å². The Morgan fingerprint density at radius 2 is 1.45 bits per heavy atom. The van der Waals surface area contributed by atoms with Crippen molar-refractivity contribution in [1.29, 1.82) is 0 Å². The Kier molecular flexibility index (Phi) is 3.62. The van der Waals surface area contributed by atoms with Gasteiger partial charge in [-0.15, -0.1) is 0 Å². The first-order chi connectivity index (χ1) is 10.5. The normalized spacial score (nSPS) is 11.5. The van der Waals surface area contributed by atoms with E-state index in [4.69, 9.17) is 0 Å². The van der Waals surface area contributed by atoms with Crippen LogP contribution in [0.15, 0.2) is 71.8 Å². The summed E-state index contributed by atoms with van der Waals surface area (Å²) in [5.74, 6) is 0. The zero-order valence-electron chi connectivity index (χ0n) is 12.5. The minimum Gasteiger partial charge on any atom is -0.246 e. The van der Waals surface area contributed by atoms with Gasteiger partial charge in [-0.3, -0.25) is 0 Å². The van der Waals surface area contributed by atoms with Gasteiger partial charge in [0.25, 0.3) is 10.0 Å². The third-order valence-electron chi connectivity index (χ3n) is 3.65. The monoisotopic (exact) mass is 311 g/mol. The second kappa shape index (κ2) is 5.46. The fourth-order valence-electron chi connectivity index (χ4n) is 2.43. The molecule has 0 saturated heterocycles. The molecule has 0 saturated carbocycles. The van der Waals surface area contributed by atoms with Crippen LogP contribution in [0.3, 0.4) is 0 Å². The highest BCUT2D eigenvalue weighted by molar-refractivity contribution is 7.90. The zero-order chi connectivity index (χ0) is 15.7. The van der Waals surface area contributed by atoms with Crippen molar-refractivity contribution in [3.8, 4) is 11.1 Å². The van der Waals surface area contributed by atoms with Crippen LogP contribution in [0.1, 0.15) is 11.3 Å². The molecule has 1 heterocycles. The molecule has 3 aromatic rings. The van der Waals surface area contributed by atoms with Crippen LogP contribution in [0.25, 0.3) is 11.1 Å². The molecule has 1 aromatic heterocycles. The van der Waals surface area contributed by atoms with Crippen LogP contribution in [0, 0.1) is 13.8 Å². The second-order valence-corrected chi connectivity index (χ2v) is 7.17. The summed E-state index contributed by atoms with van der Waals surface area (Å²) in [6, 6.07) is 18.6. The molecule has 112 valence electrons. The summed E-state index contributed by atoms with van der Waals surface area (Å²) in [6.07, 6.45) is 1.68. The molecule has 0 N–H and O–H groups in total. The lowest BCUT2D eigenvalue weighted by molar-refractivity contribution is 0.586. The van der Waals surface area contributed by atoms with Crippen LogP contribution < -0.4 is 0 Å². The molecule has 0 bridgehead atoms. The fourth-order valence-corrected chi connectivity index (χ4v) is 3.82. The van der Waals surface area contributed by atoms with E-state index in [1.54, 1.807) is 25.3 Å². The smallest absolute Gasteiger partial charge is 0.246 e. The first kappa shape index (κ1) is 14.6. The van der Waals surface area contributed by atoms with Gasteiger partial charge in [0.05, 0.1) is 4.90 Å². The van der Waals surface area contributed by atoms with Crippen molar-refractivity contribution >= 4 is 10.0 Å². The summed E-state index contributed by atoms with van der Waals surface area (Å²) in [6.45, 7) is 3.74. The molecule has 0 aliphatic rings. The van der Waals surface area contributed by atoms with Gasteiger partial charge in [0, 0.05) is 17.5 Å². The van der Waals surface area contributed by atoms with Crippen molar-refractivity contribution in [2.24, 2.45) is 0 Å². The van der Waals surface area contributed by atoms with Gasteiger partial charge in [0.2, 0.25) is 0 Å². The van der Waals surface area contributed by atoms with Crippen LogP contribution in [-0.2, 0) is 10.0 Å². The summed E-state index contributed by atoms with van der Waals surface area (Å²) in [4.78, 5) is 0.302. The first-order valence-corrected chi connectivity index (χ1v) is 8.49. The maximum absolute atomic E-state index is 12.8. The number of benzene rings is 2. The highest BCUT2D eigenvalue weighted by Gasteiger charge is 2.19. The number of hydrogen-bond donors (Lipinski definition) is 0. The Balaban J connectivity index is 2.09. The van der Waals surface area contributed by atoms with E-state index in [1.165, 1.54) is 3.97 Å². The first-order valence-electron chi connectivity index (χ1n) is 7.05. The molecular formula is C18H17NO2S. The predicted molar refractivity (Wildman–Crippen MR) is 88.4 cm³/mol. The van der Waals surface area contributed by atoms with Gasteiger partial charge in [0.1, 0.15) is 0 Å². The van der Waals surface area contributed by atoms with E-state index in [9.17, 15) is 8.42 Å². The minimum absolute atomic E-state index is 0.302. The zero-order valence-corrected chi connectivity index (χ0v) is 13.3. The van der Waals surface area contributed by atoms with E-state index < -0.39 is 10.0 Å². The van der Waals surface area contributed by atoms with E-state index in [0.717, 1.165) is 16.7 Å². The summed E-state index contributed by atoms with van der Waals surface area (Å²) in [5, 5.41) is 0. The lowest BCUT2D eigenvalue weighted by Gasteiger charge is -2.08. The number of rotatable bonds is 3. The van der Waals surface area contributed by atoms with Crippen LogP contribution >= 0.6 is 0 Å². The average Bonchev–Trinajstić information content (AvgIpc) is 2.91. The largest absolute Gasteiger partial charge is 0.267 e. The number of nitrogens with zero attached hydrogens (tertiary/aromatic N) is 1. The average molecular weight is 311 g/mol. The van der Waals surface area contributed by atoms with E-state index in [-0.39, 0.29) is 0 Å². The third kappa shape index (κ3) is 2.57. The standard InChI is InChI=1S/C18H17NO2S/c1-14-8-10-18(11-9-14)22(20,21)19-13-17(12-15(19)2)16-6-4-3-5-7-16/h3-13H,1-2H3. The summed E-state index contributed by atoms with van der Waals surface area (Å²) in [5.41, 5.74) is 3.63. The molecule has 0 spiro atoms.